The van der Waals surface area contributed by atoms with Crippen LogP contribution in [-0.2, 0) is 0 Å². The molecule has 0 spiro atoms. The van der Waals surface area contributed by atoms with E-state index in [2.05, 4.69) is 41.0 Å². The van der Waals surface area contributed by atoms with Crippen LogP contribution in [0.1, 0.15) is 16.9 Å². The van der Waals surface area contributed by atoms with Crippen molar-refractivity contribution >= 4 is 17.7 Å². The molecular weight excluding hydrogens is 344 g/mol. The third-order valence-electron chi connectivity index (χ3n) is 3.66. The number of nitrogens with zero attached hydrogens (tertiary/aromatic N) is 5. The van der Waals surface area contributed by atoms with Crippen molar-refractivity contribution in [2.45, 2.75) is 6.42 Å². The van der Waals surface area contributed by atoms with Crippen molar-refractivity contribution in [3.05, 3.63) is 54.4 Å². The van der Waals surface area contributed by atoms with Gasteiger partial charge in [-0.05, 0) is 12.5 Å². The Morgan fingerprint density at radius 2 is 2.04 bits per heavy atom. The Kier molecular flexibility index (Phi) is 6.18. The lowest BCUT2D eigenvalue weighted by atomic mass is 10.1. The number of amides is 1. The van der Waals surface area contributed by atoms with Gasteiger partial charge in [0.2, 0.25) is 5.95 Å². The average molecular weight is 364 g/mol. The smallest absolute Gasteiger partial charge is 0.269 e. The standard InChI is InChI=1S/C18H20N8O/c1-19-26-16-8-11-22-18(23-16)21-10-5-9-20-17(27)15-12-14(24-25-15)13-6-3-2-4-7-13/h2-4,6-8,11-12H,5,9-10H2,1H3,(H,20,27)(H,24,25)(H,21,22,23). The van der Waals surface area contributed by atoms with Crippen LogP contribution in [0.4, 0.5) is 11.8 Å². The van der Waals surface area contributed by atoms with Crippen LogP contribution in [0, 0.1) is 0 Å². The molecule has 0 saturated heterocycles. The van der Waals surface area contributed by atoms with Crippen molar-refractivity contribution < 1.29 is 4.79 Å². The maximum absolute atomic E-state index is 12.2. The van der Waals surface area contributed by atoms with Crippen molar-refractivity contribution in [2.75, 3.05) is 25.5 Å². The van der Waals surface area contributed by atoms with Crippen LogP contribution in [0.2, 0.25) is 0 Å². The summed E-state index contributed by atoms with van der Waals surface area (Å²) in [5, 5.41) is 20.4. The molecule has 0 aliphatic heterocycles. The highest BCUT2D eigenvalue weighted by Gasteiger charge is 2.10. The molecule has 138 valence electrons. The van der Waals surface area contributed by atoms with E-state index in [-0.39, 0.29) is 5.91 Å². The van der Waals surface area contributed by atoms with Gasteiger partial charge in [0, 0.05) is 38.0 Å². The van der Waals surface area contributed by atoms with Crippen LogP contribution in [0.3, 0.4) is 0 Å². The van der Waals surface area contributed by atoms with Crippen molar-refractivity contribution in [3.8, 4) is 11.3 Å². The number of azo groups is 1. The second kappa shape index (κ2) is 9.18. The van der Waals surface area contributed by atoms with E-state index in [1.54, 1.807) is 25.4 Å². The molecule has 0 saturated carbocycles. The molecule has 0 atom stereocenters. The molecular formula is C18H20N8O. The number of rotatable bonds is 8. The van der Waals surface area contributed by atoms with Gasteiger partial charge in [0.1, 0.15) is 5.69 Å². The van der Waals surface area contributed by atoms with E-state index in [1.165, 1.54) is 0 Å². The van der Waals surface area contributed by atoms with Crippen LogP contribution in [0.25, 0.3) is 11.3 Å². The monoisotopic (exact) mass is 364 g/mol. The van der Waals surface area contributed by atoms with Gasteiger partial charge in [-0.1, -0.05) is 30.3 Å². The first-order chi connectivity index (χ1) is 13.3. The fourth-order valence-corrected chi connectivity index (χ4v) is 2.37. The molecule has 1 aromatic carbocycles. The first-order valence-corrected chi connectivity index (χ1v) is 8.52. The molecule has 0 fully saturated rings. The van der Waals surface area contributed by atoms with E-state index in [4.69, 9.17) is 0 Å². The van der Waals surface area contributed by atoms with Crippen molar-refractivity contribution in [1.29, 1.82) is 0 Å². The Hall–Kier alpha value is -3.62. The van der Waals surface area contributed by atoms with Gasteiger partial charge in [-0.3, -0.25) is 9.89 Å². The van der Waals surface area contributed by atoms with Gasteiger partial charge in [0.15, 0.2) is 5.82 Å². The highest BCUT2D eigenvalue weighted by molar-refractivity contribution is 5.93. The lowest BCUT2D eigenvalue weighted by molar-refractivity contribution is 0.0948. The number of aromatic nitrogens is 4. The largest absolute Gasteiger partial charge is 0.354 e. The zero-order valence-corrected chi connectivity index (χ0v) is 14.9. The zero-order chi connectivity index (χ0) is 18.9. The summed E-state index contributed by atoms with van der Waals surface area (Å²) in [6, 6.07) is 13.1. The van der Waals surface area contributed by atoms with E-state index in [9.17, 15) is 4.79 Å². The first-order valence-electron chi connectivity index (χ1n) is 8.52. The molecule has 2 aromatic heterocycles. The molecule has 9 heteroatoms. The minimum Gasteiger partial charge on any atom is -0.354 e. The molecule has 1 amide bonds. The van der Waals surface area contributed by atoms with Crippen LogP contribution in [0.15, 0.2) is 58.9 Å². The van der Waals surface area contributed by atoms with Gasteiger partial charge >= 0.3 is 0 Å². The van der Waals surface area contributed by atoms with Crippen LogP contribution in [-0.4, -0.2) is 46.2 Å². The normalized spacial score (nSPS) is 10.9. The zero-order valence-electron chi connectivity index (χ0n) is 14.9. The van der Waals surface area contributed by atoms with Gasteiger partial charge in [0.05, 0.1) is 5.69 Å². The molecule has 2 heterocycles. The predicted octanol–water partition coefficient (Wildman–Crippen LogP) is 2.81. The molecule has 0 radical (unpaired) electrons. The molecule has 3 rings (SSSR count). The predicted molar refractivity (Wildman–Crippen MR) is 102 cm³/mol. The van der Waals surface area contributed by atoms with Gasteiger partial charge in [-0.2, -0.15) is 15.2 Å². The molecule has 0 aliphatic rings. The Balaban J connectivity index is 1.42. The SMILES string of the molecule is CN=Nc1ccnc(NCCCNC(=O)c2cc(-c3ccccc3)n[nH]2)n1. The van der Waals surface area contributed by atoms with E-state index in [1.807, 2.05) is 30.3 Å². The van der Waals surface area contributed by atoms with Gasteiger partial charge in [-0.25, -0.2) is 4.98 Å². The summed E-state index contributed by atoms with van der Waals surface area (Å²) in [6.45, 7) is 1.13. The number of carbonyl (C=O) groups is 1. The Bertz CT molecular complexity index is 906. The number of hydrogen-bond acceptors (Lipinski definition) is 7. The molecule has 0 aliphatic carbocycles. The van der Waals surface area contributed by atoms with Crippen LogP contribution < -0.4 is 10.6 Å². The van der Waals surface area contributed by atoms with E-state index < -0.39 is 0 Å². The minimum atomic E-state index is -0.189. The Labute approximate surface area is 156 Å². The van der Waals surface area contributed by atoms with Gasteiger partial charge in [-0.15, -0.1) is 5.11 Å². The van der Waals surface area contributed by atoms with Crippen molar-refractivity contribution in [1.82, 2.24) is 25.5 Å². The summed E-state index contributed by atoms with van der Waals surface area (Å²) in [5.41, 5.74) is 2.13. The summed E-state index contributed by atoms with van der Waals surface area (Å²) < 4.78 is 0. The highest BCUT2D eigenvalue weighted by Crippen LogP contribution is 2.16. The Morgan fingerprint density at radius 1 is 1.19 bits per heavy atom. The van der Waals surface area contributed by atoms with Crippen LogP contribution in [0.5, 0.6) is 0 Å². The molecule has 3 N–H and O–H groups in total. The maximum atomic E-state index is 12.2. The Morgan fingerprint density at radius 3 is 2.85 bits per heavy atom. The number of carbonyl (C=O) groups excluding carboxylic acids is 1. The van der Waals surface area contributed by atoms with E-state index >= 15 is 0 Å². The summed E-state index contributed by atoms with van der Waals surface area (Å²) in [6.07, 6.45) is 2.33. The fraction of sp³-hybridized carbons (Fsp3) is 0.222. The summed E-state index contributed by atoms with van der Waals surface area (Å²) in [5.74, 6) is 0.787. The van der Waals surface area contributed by atoms with Crippen molar-refractivity contribution in [3.63, 3.8) is 0 Å². The summed E-state index contributed by atoms with van der Waals surface area (Å²) in [7, 11) is 1.58. The van der Waals surface area contributed by atoms with Gasteiger partial charge in [0.25, 0.3) is 5.91 Å². The molecule has 0 unspecified atom stereocenters. The first kappa shape index (κ1) is 18.2. The number of hydrogen-bond donors (Lipinski definition) is 3. The second-order valence-electron chi connectivity index (χ2n) is 5.61. The highest BCUT2D eigenvalue weighted by atomic mass is 16.1. The fourth-order valence-electron chi connectivity index (χ4n) is 2.37. The lowest BCUT2D eigenvalue weighted by Gasteiger charge is -2.05. The van der Waals surface area contributed by atoms with E-state index in [0.717, 1.165) is 11.3 Å². The van der Waals surface area contributed by atoms with E-state index in [0.29, 0.717) is 37.0 Å². The maximum Gasteiger partial charge on any atom is 0.269 e. The number of aromatic amines is 1. The quantitative estimate of drug-likeness (QED) is 0.419. The molecule has 0 bridgehead atoms. The summed E-state index contributed by atoms with van der Waals surface area (Å²) >= 11 is 0. The third kappa shape index (κ3) is 5.18. The third-order valence-corrected chi connectivity index (χ3v) is 3.66. The lowest BCUT2D eigenvalue weighted by Crippen LogP contribution is -2.26. The number of H-pyrrole nitrogens is 1. The molecule has 3 aromatic rings. The topological polar surface area (TPSA) is 120 Å². The molecule has 27 heavy (non-hydrogen) atoms. The molecule has 9 nitrogen and oxygen atoms in total. The minimum absolute atomic E-state index is 0.189. The summed E-state index contributed by atoms with van der Waals surface area (Å²) in [4.78, 5) is 20.5. The number of nitrogens with one attached hydrogen (secondary N) is 3. The average Bonchev–Trinajstić information content (AvgIpc) is 3.19. The van der Waals surface area contributed by atoms with Crippen molar-refractivity contribution in [2.24, 2.45) is 10.2 Å². The van der Waals surface area contributed by atoms with Gasteiger partial charge < -0.3 is 10.6 Å². The second-order valence-corrected chi connectivity index (χ2v) is 5.61. The number of anilines is 1. The number of benzene rings is 1. The van der Waals surface area contributed by atoms with Crippen LogP contribution >= 0.6 is 0 Å².